The molecule has 2 nitrogen and oxygen atoms in total. The molecule has 1 N–H and O–H groups in total. The second-order valence-corrected chi connectivity index (χ2v) is 5.91. The van der Waals surface area contributed by atoms with Crippen LogP contribution in [0.25, 0.3) is 0 Å². The molecule has 0 aromatic rings. The van der Waals surface area contributed by atoms with Crippen LogP contribution in [-0.2, 0) is 10.8 Å². The Bertz CT molecular complexity index is 176. The summed E-state index contributed by atoms with van der Waals surface area (Å²) in [6.45, 7) is 3.21. The molecule has 0 spiro atoms. The molecule has 0 aliphatic heterocycles. The molecule has 1 saturated carbocycles. The molecule has 0 saturated heterocycles. The lowest BCUT2D eigenvalue weighted by Gasteiger charge is -2.28. The minimum atomic E-state index is -0.641. The fourth-order valence-electron chi connectivity index (χ4n) is 2.18. The van der Waals surface area contributed by atoms with Crippen LogP contribution < -0.4 is 5.32 Å². The number of nitrogens with one attached hydrogen (secondary N) is 1. The van der Waals surface area contributed by atoms with E-state index in [-0.39, 0.29) is 0 Å². The molecule has 0 aromatic heterocycles. The predicted molar refractivity (Wildman–Crippen MR) is 63.0 cm³/mol. The number of rotatable bonds is 5. The molecule has 0 aromatic carbocycles. The van der Waals surface area contributed by atoms with Gasteiger partial charge < -0.3 is 5.32 Å². The normalized spacial score (nSPS) is 30.1. The Hall–Kier alpha value is 0.110. The van der Waals surface area contributed by atoms with Crippen molar-refractivity contribution in [2.45, 2.75) is 45.1 Å². The SMILES string of the molecule is CCC1CCC(NCCS(C)=O)CC1. The minimum Gasteiger partial charge on any atom is -0.313 e. The molecule has 0 radical (unpaired) electrons. The molecule has 1 atom stereocenters. The van der Waals surface area contributed by atoms with Gasteiger partial charge in [0.2, 0.25) is 0 Å². The molecular formula is C11H23NOS. The minimum absolute atomic E-state index is 0.641. The monoisotopic (exact) mass is 217 g/mol. The third-order valence-electron chi connectivity index (χ3n) is 3.25. The van der Waals surface area contributed by atoms with Gasteiger partial charge in [0, 0.05) is 35.4 Å². The Kier molecular flexibility index (Phi) is 5.71. The highest BCUT2D eigenvalue weighted by atomic mass is 32.2. The van der Waals surface area contributed by atoms with Crippen LogP contribution in [0.1, 0.15) is 39.0 Å². The van der Waals surface area contributed by atoms with Gasteiger partial charge in [-0.05, 0) is 31.6 Å². The van der Waals surface area contributed by atoms with E-state index in [2.05, 4.69) is 12.2 Å². The molecule has 84 valence electrons. The molecule has 14 heavy (non-hydrogen) atoms. The maximum Gasteiger partial charge on any atom is 0.0357 e. The smallest absolute Gasteiger partial charge is 0.0357 e. The summed E-state index contributed by atoms with van der Waals surface area (Å²) in [6.07, 6.45) is 8.50. The van der Waals surface area contributed by atoms with Gasteiger partial charge in [-0.3, -0.25) is 4.21 Å². The Morgan fingerprint density at radius 2 is 1.93 bits per heavy atom. The Balaban J connectivity index is 2.07. The summed E-state index contributed by atoms with van der Waals surface area (Å²) in [7, 11) is -0.641. The summed E-state index contributed by atoms with van der Waals surface area (Å²) < 4.78 is 10.9. The molecule has 0 heterocycles. The lowest BCUT2D eigenvalue weighted by molar-refractivity contribution is 0.289. The highest BCUT2D eigenvalue weighted by molar-refractivity contribution is 7.84. The summed E-state index contributed by atoms with van der Waals surface area (Å²) >= 11 is 0. The fraction of sp³-hybridized carbons (Fsp3) is 1.00. The van der Waals surface area contributed by atoms with Crippen LogP contribution in [0.2, 0.25) is 0 Å². The fourth-order valence-corrected chi connectivity index (χ4v) is 2.59. The third kappa shape index (κ3) is 4.56. The first-order valence-corrected chi connectivity index (χ1v) is 7.48. The van der Waals surface area contributed by atoms with E-state index in [0.29, 0.717) is 6.04 Å². The van der Waals surface area contributed by atoms with Crippen molar-refractivity contribution in [1.29, 1.82) is 0 Å². The van der Waals surface area contributed by atoms with Crippen LogP contribution in [0.4, 0.5) is 0 Å². The molecule has 0 amide bonds. The van der Waals surface area contributed by atoms with Crippen molar-refractivity contribution in [3.05, 3.63) is 0 Å². The first-order chi connectivity index (χ1) is 6.72. The van der Waals surface area contributed by atoms with Gasteiger partial charge in [0.1, 0.15) is 0 Å². The van der Waals surface area contributed by atoms with Crippen LogP contribution in [0.3, 0.4) is 0 Å². The van der Waals surface area contributed by atoms with Crippen molar-refractivity contribution in [3.63, 3.8) is 0 Å². The second kappa shape index (κ2) is 6.57. The van der Waals surface area contributed by atoms with Gasteiger partial charge in [-0.2, -0.15) is 0 Å². The zero-order chi connectivity index (χ0) is 10.4. The third-order valence-corrected chi connectivity index (χ3v) is 4.03. The predicted octanol–water partition coefficient (Wildman–Crippen LogP) is 1.92. The van der Waals surface area contributed by atoms with Crippen molar-refractivity contribution in [2.75, 3.05) is 18.6 Å². The summed E-state index contributed by atoms with van der Waals surface area (Å²) in [5.41, 5.74) is 0. The molecular weight excluding hydrogens is 194 g/mol. The summed E-state index contributed by atoms with van der Waals surface area (Å²) in [6, 6.07) is 0.696. The van der Waals surface area contributed by atoms with E-state index in [1.54, 1.807) is 6.26 Å². The van der Waals surface area contributed by atoms with Crippen molar-refractivity contribution in [1.82, 2.24) is 5.32 Å². The van der Waals surface area contributed by atoms with Crippen LogP contribution in [0, 0.1) is 5.92 Å². The largest absolute Gasteiger partial charge is 0.313 e. The average molecular weight is 217 g/mol. The quantitative estimate of drug-likeness (QED) is 0.762. The highest BCUT2D eigenvalue weighted by Crippen LogP contribution is 2.26. The van der Waals surface area contributed by atoms with E-state index in [1.165, 1.54) is 32.1 Å². The highest BCUT2D eigenvalue weighted by Gasteiger charge is 2.18. The first-order valence-electron chi connectivity index (χ1n) is 5.75. The van der Waals surface area contributed by atoms with Crippen LogP contribution in [0.5, 0.6) is 0 Å². The van der Waals surface area contributed by atoms with Crippen molar-refractivity contribution < 1.29 is 4.21 Å². The number of hydrogen-bond donors (Lipinski definition) is 1. The van der Waals surface area contributed by atoms with E-state index < -0.39 is 10.8 Å². The Morgan fingerprint density at radius 1 is 1.29 bits per heavy atom. The first kappa shape index (κ1) is 12.2. The van der Waals surface area contributed by atoms with Crippen LogP contribution in [-0.4, -0.2) is 28.8 Å². The zero-order valence-corrected chi connectivity index (χ0v) is 10.2. The molecule has 1 aliphatic rings. The van der Waals surface area contributed by atoms with Gasteiger partial charge in [-0.1, -0.05) is 13.3 Å². The molecule has 1 aliphatic carbocycles. The molecule has 1 rings (SSSR count). The molecule has 1 unspecified atom stereocenters. The Labute approximate surface area is 90.3 Å². The van der Waals surface area contributed by atoms with E-state index in [9.17, 15) is 4.21 Å². The molecule has 3 heteroatoms. The van der Waals surface area contributed by atoms with Crippen molar-refractivity contribution >= 4 is 10.8 Å². The van der Waals surface area contributed by atoms with E-state index in [1.807, 2.05) is 0 Å². The van der Waals surface area contributed by atoms with E-state index in [0.717, 1.165) is 18.2 Å². The molecule has 1 fully saturated rings. The van der Waals surface area contributed by atoms with Gasteiger partial charge in [0.15, 0.2) is 0 Å². The van der Waals surface area contributed by atoms with Gasteiger partial charge >= 0.3 is 0 Å². The average Bonchev–Trinajstić information content (AvgIpc) is 2.18. The van der Waals surface area contributed by atoms with Crippen molar-refractivity contribution in [3.8, 4) is 0 Å². The number of hydrogen-bond acceptors (Lipinski definition) is 2. The summed E-state index contributed by atoms with van der Waals surface area (Å²) in [5.74, 6) is 1.77. The summed E-state index contributed by atoms with van der Waals surface area (Å²) in [4.78, 5) is 0. The van der Waals surface area contributed by atoms with Gasteiger partial charge in [0.25, 0.3) is 0 Å². The van der Waals surface area contributed by atoms with Gasteiger partial charge in [-0.15, -0.1) is 0 Å². The zero-order valence-electron chi connectivity index (χ0n) is 9.42. The van der Waals surface area contributed by atoms with E-state index >= 15 is 0 Å². The van der Waals surface area contributed by atoms with Crippen LogP contribution in [0.15, 0.2) is 0 Å². The topological polar surface area (TPSA) is 29.1 Å². The van der Waals surface area contributed by atoms with Crippen molar-refractivity contribution in [2.24, 2.45) is 5.92 Å². The van der Waals surface area contributed by atoms with E-state index in [4.69, 9.17) is 0 Å². The Morgan fingerprint density at radius 3 is 2.43 bits per heavy atom. The molecule has 0 bridgehead atoms. The lowest BCUT2D eigenvalue weighted by atomic mass is 9.84. The standard InChI is InChI=1S/C11H23NOS/c1-3-10-4-6-11(7-5-10)12-8-9-14(2)13/h10-12H,3-9H2,1-2H3. The summed E-state index contributed by atoms with van der Waals surface area (Å²) in [5, 5.41) is 3.50. The lowest BCUT2D eigenvalue weighted by Crippen LogP contribution is -2.35. The second-order valence-electron chi connectivity index (χ2n) is 4.36. The maximum atomic E-state index is 10.9. The van der Waals surface area contributed by atoms with Gasteiger partial charge in [-0.25, -0.2) is 0 Å². The maximum absolute atomic E-state index is 10.9. The van der Waals surface area contributed by atoms with Gasteiger partial charge in [0.05, 0.1) is 0 Å². The van der Waals surface area contributed by atoms with Crippen LogP contribution >= 0.6 is 0 Å².